The Labute approximate surface area is 137 Å². The molecule has 1 amide bonds. The summed E-state index contributed by atoms with van der Waals surface area (Å²) in [5.74, 6) is -2.11. The van der Waals surface area contributed by atoms with Gasteiger partial charge in [0.1, 0.15) is 12.4 Å². The second kappa shape index (κ2) is 8.85. The van der Waals surface area contributed by atoms with E-state index in [1.807, 2.05) is 0 Å². The SMILES string of the molecule is COCCN(CC(=O)O)C(=O)C(C)Cc1ccc(F)c(Br)c1. The second-order valence-electron chi connectivity index (χ2n) is 5.00. The fraction of sp³-hybridized carbons (Fsp3) is 0.467. The zero-order chi connectivity index (χ0) is 16.7. The van der Waals surface area contributed by atoms with Crippen LogP contribution in [-0.2, 0) is 20.7 Å². The molecule has 1 aromatic carbocycles. The first-order valence-electron chi connectivity index (χ1n) is 6.78. The lowest BCUT2D eigenvalue weighted by molar-refractivity contribution is -0.146. The minimum Gasteiger partial charge on any atom is -0.480 e. The number of ether oxygens (including phenoxy) is 1. The van der Waals surface area contributed by atoms with Crippen LogP contribution in [0.15, 0.2) is 22.7 Å². The third-order valence-corrected chi connectivity index (χ3v) is 3.76. The number of methoxy groups -OCH3 is 1. The molecule has 5 nitrogen and oxygen atoms in total. The zero-order valence-electron chi connectivity index (χ0n) is 12.5. The standard InChI is InChI=1S/C15H19BrFNO4/c1-10(7-11-3-4-13(17)12(16)8-11)15(21)18(5-6-22-2)9-14(19)20/h3-4,8,10H,5-7,9H2,1-2H3,(H,19,20). The summed E-state index contributed by atoms with van der Waals surface area (Å²) >= 11 is 3.10. The molecule has 1 atom stereocenters. The van der Waals surface area contributed by atoms with Gasteiger partial charge in [0.15, 0.2) is 0 Å². The van der Waals surface area contributed by atoms with Gasteiger partial charge in [0.2, 0.25) is 5.91 Å². The second-order valence-corrected chi connectivity index (χ2v) is 5.85. The van der Waals surface area contributed by atoms with Crippen molar-refractivity contribution in [2.24, 2.45) is 5.92 Å². The topological polar surface area (TPSA) is 66.8 Å². The van der Waals surface area contributed by atoms with Crippen LogP contribution in [0.25, 0.3) is 0 Å². The predicted molar refractivity (Wildman–Crippen MR) is 83.1 cm³/mol. The molecule has 0 aliphatic heterocycles. The minimum absolute atomic E-state index is 0.221. The Morgan fingerprint density at radius 2 is 2.14 bits per heavy atom. The number of carboxylic acid groups (broad SMARTS) is 1. The number of carbonyl (C=O) groups is 2. The van der Waals surface area contributed by atoms with Gasteiger partial charge in [-0.05, 0) is 40.0 Å². The van der Waals surface area contributed by atoms with Crippen LogP contribution in [0.2, 0.25) is 0 Å². The van der Waals surface area contributed by atoms with Gasteiger partial charge in [-0.25, -0.2) is 4.39 Å². The van der Waals surface area contributed by atoms with Crippen molar-refractivity contribution in [1.29, 1.82) is 0 Å². The molecule has 1 aromatic rings. The number of aliphatic carboxylic acids is 1. The third-order valence-electron chi connectivity index (χ3n) is 3.15. The maximum absolute atomic E-state index is 13.2. The normalized spacial score (nSPS) is 12.0. The summed E-state index contributed by atoms with van der Waals surface area (Å²) in [6.07, 6.45) is 0.404. The van der Waals surface area contributed by atoms with Crippen LogP contribution in [0, 0.1) is 11.7 Å². The van der Waals surface area contributed by atoms with E-state index in [-0.39, 0.29) is 31.4 Å². The van der Waals surface area contributed by atoms with Crippen LogP contribution in [0.1, 0.15) is 12.5 Å². The first-order chi connectivity index (χ1) is 10.3. The van der Waals surface area contributed by atoms with Gasteiger partial charge in [-0.1, -0.05) is 13.0 Å². The number of carbonyl (C=O) groups excluding carboxylic acids is 1. The molecule has 1 rings (SSSR count). The molecule has 0 aromatic heterocycles. The number of hydrogen-bond acceptors (Lipinski definition) is 3. The molecule has 0 aliphatic carbocycles. The molecule has 7 heteroatoms. The van der Waals surface area contributed by atoms with Gasteiger partial charge in [-0.3, -0.25) is 9.59 Å². The number of halogens is 2. The summed E-state index contributed by atoms with van der Waals surface area (Å²) in [6.45, 7) is 1.85. The molecule has 0 radical (unpaired) electrons. The molecule has 22 heavy (non-hydrogen) atoms. The van der Waals surface area contributed by atoms with Gasteiger partial charge in [0.05, 0.1) is 11.1 Å². The molecule has 122 valence electrons. The van der Waals surface area contributed by atoms with Crippen molar-refractivity contribution >= 4 is 27.8 Å². The molecule has 0 saturated carbocycles. The number of benzene rings is 1. The first-order valence-corrected chi connectivity index (χ1v) is 7.58. The van der Waals surface area contributed by atoms with Crippen molar-refractivity contribution < 1.29 is 23.8 Å². The van der Waals surface area contributed by atoms with Gasteiger partial charge in [-0.2, -0.15) is 0 Å². The summed E-state index contributed by atoms with van der Waals surface area (Å²) in [4.78, 5) is 24.5. The average Bonchev–Trinajstić information content (AvgIpc) is 2.46. The van der Waals surface area contributed by atoms with Gasteiger partial charge in [-0.15, -0.1) is 0 Å². The molecular formula is C15H19BrFNO4. The molecule has 0 bridgehead atoms. The number of hydrogen-bond donors (Lipinski definition) is 1. The Bertz CT molecular complexity index is 538. The summed E-state index contributed by atoms with van der Waals surface area (Å²) in [5, 5.41) is 8.89. The van der Waals surface area contributed by atoms with Crippen molar-refractivity contribution in [2.75, 3.05) is 26.8 Å². The van der Waals surface area contributed by atoms with Gasteiger partial charge in [0, 0.05) is 19.6 Å². The molecule has 1 N–H and O–H groups in total. The lowest BCUT2D eigenvalue weighted by Crippen LogP contribution is -2.41. The number of rotatable bonds is 8. The molecule has 1 unspecified atom stereocenters. The minimum atomic E-state index is -1.07. The summed E-state index contributed by atoms with van der Waals surface area (Å²) in [5.41, 5.74) is 0.802. The van der Waals surface area contributed by atoms with Crippen LogP contribution in [0.3, 0.4) is 0 Å². The van der Waals surface area contributed by atoms with Gasteiger partial charge in [0.25, 0.3) is 0 Å². The lowest BCUT2D eigenvalue weighted by Gasteiger charge is -2.24. The highest BCUT2D eigenvalue weighted by atomic mass is 79.9. The van der Waals surface area contributed by atoms with E-state index in [1.54, 1.807) is 19.1 Å². The quantitative estimate of drug-likeness (QED) is 0.756. The van der Waals surface area contributed by atoms with Crippen LogP contribution in [-0.4, -0.2) is 48.7 Å². The van der Waals surface area contributed by atoms with Crippen LogP contribution < -0.4 is 0 Å². The van der Waals surface area contributed by atoms with Gasteiger partial charge < -0.3 is 14.7 Å². The maximum atomic E-state index is 13.2. The Morgan fingerprint density at radius 1 is 1.45 bits per heavy atom. The van der Waals surface area contributed by atoms with E-state index in [0.717, 1.165) is 5.56 Å². The fourth-order valence-electron chi connectivity index (χ4n) is 2.05. The summed E-state index contributed by atoms with van der Waals surface area (Å²) in [7, 11) is 1.49. The average molecular weight is 376 g/mol. The Balaban J connectivity index is 2.74. The van der Waals surface area contributed by atoms with E-state index < -0.39 is 11.9 Å². The van der Waals surface area contributed by atoms with E-state index in [1.165, 1.54) is 18.1 Å². The third kappa shape index (κ3) is 5.73. The van der Waals surface area contributed by atoms with Crippen LogP contribution in [0.5, 0.6) is 0 Å². The molecular weight excluding hydrogens is 357 g/mol. The number of nitrogens with zero attached hydrogens (tertiary/aromatic N) is 1. The summed E-state index contributed by atoms with van der Waals surface area (Å²) in [6, 6.07) is 4.56. The molecule has 0 spiro atoms. The highest BCUT2D eigenvalue weighted by Crippen LogP contribution is 2.19. The van der Waals surface area contributed by atoms with Crippen LogP contribution >= 0.6 is 15.9 Å². The first kappa shape index (κ1) is 18.6. The predicted octanol–water partition coefficient (Wildman–Crippen LogP) is 2.33. The molecule has 0 aliphatic rings. The summed E-state index contributed by atoms with van der Waals surface area (Å²) < 4.78 is 18.4. The maximum Gasteiger partial charge on any atom is 0.323 e. The number of carboxylic acids is 1. The van der Waals surface area contributed by atoms with E-state index in [2.05, 4.69) is 15.9 Å². The van der Waals surface area contributed by atoms with E-state index >= 15 is 0 Å². The smallest absolute Gasteiger partial charge is 0.323 e. The van der Waals surface area contributed by atoms with Crippen molar-refractivity contribution in [3.63, 3.8) is 0 Å². The van der Waals surface area contributed by atoms with E-state index in [9.17, 15) is 14.0 Å². The van der Waals surface area contributed by atoms with Crippen LogP contribution in [0.4, 0.5) is 4.39 Å². The largest absolute Gasteiger partial charge is 0.480 e. The monoisotopic (exact) mass is 375 g/mol. The highest BCUT2D eigenvalue weighted by Gasteiger charge is 2.22. The van der Waals surface area contributed by atoms with E-state index in [0.29, 0.717) is 10.9 Å². The molecule has 0 heterocycles. The lowest BCUT2D eigenvalue weighted by atomic mass is 9.99. The Hall–Kier alpha value is -1.47. The molecule has 0 saturated heterocycles. The Morgan fingerprint density at radius 3 is 2.68 bits per heavy atom. The van der Waals surface area contributed by atoms with Crippen molar-refractivity contribution in [1.82, 2.24) is 4.90 Å². The molecule has 0 fully saturated rings. The Kier molecular flexibility index (Phi) is 7.47. The van der Waals surface area contributed by atoms with Crippen molar-refractivity contribution in [2.45, 2.75) is 13.3 Å². The number of amides is 1. The van der Waals surface area contributed by atoms with E-state index in [4.69, 9.17) is 9.84 Å². The zero-order valence-corrected chi connectivity index (χ0v) is 14.1. The van der Waals surface area contributed by atoms with Crippen molar-refractivity contribution in [3.05, 3.63) is 34.1 Å². The van der Waals surface area contributed by atoms with Gasteiger partial charge >= 0.3 is 5.97 Å². The highest BCUT2D eigenvalue weighted by molar-refractivity contribution is 9.10. The fourth-order valence-corrected chi connectivity index (χ4v) is 2.48. The van der Waals surface area contributed by atoms with Crippen molar-refractivity contribution in [3.8, 4) is 0 Å².